The number of fused-ring (bicyclic) bond motifs is 3. The lowest BCUT2D eigenvalue weighted by atomic mass is 9.83. The molecule has 0 aliphatic carbocycles. The van der Waals surface area contributed by atoms with Crippen LogP contribution in [0.3, 0.4) is 0 Å². The van der Waals surface area contributed by atoms with Crippen molar-refractivity contribution in [3.63, 3.8) is 0 Å². The molecule has 2 aliphatic heterocycles. The number of anilines is 2. The molecule has 0 saturated carbocycles. The van der Waals surface area contributed by atoms with Gasteiger partial charge < -0.3 is 24.3 Å². The Morgan fingerprint density at radius 1 is 1.10 bits per heavy atom. The highest BCUT2D eigenvalue weighted by molar-refractivity contribution is 5.82. The summed E-state index contributed by atoms with van der Waals surface area (Å²) >= 11 is 0. The molecular weight excluding hydrogens is 390 g/mol. The highest BCUT2D eigenvalue weighted by Crippen LogP contribution is 2.37. The number of piperazine rings is 1. The van der Waals surface area contributed by atoms with Crippen LogP contribution in [0.1, 0.15) is 11.3 Å². The van der Waals surface area contributed by atoms with Gasteiger partial charge in [0, 0.05) is 31.0 Å². The van der Waals surface area contributed by atoms with Crippen LogP contribution in [0.5, 0.6) is 5.75 Å². The number of ether oxygens (including phenoxy) is 1. The number of carbonyl (C=O) groups is 1. The highest BCUT2D eigenvalue weighted by Gasteiger charge is 2.41. The molecule has 6 nitrogen and oxygen atoms in total. The largest absolute Gasteiger partial charge is 0.497 e. The molecule has 5 rings (SSSR count). The zero-order valence-corrected chi connectivity index (χ0v) is 17.7. The second kappa shape index (κ2) is 8.38. The summed E-state index contributed by atoms with van der Waals surface area (Å²) < 4.78 is 10.7. The molecule has 0 radical (unpaired) electrons. The lowest BCUT2D eigenvalue weighted by Crippen LogP contribution is -2.61. The van der Waals surface area contributed by atoms with Gasteiger partial charge in [0.1, 0.15) is 11.5 Å². The third-order valence-electron chi connectivity index (χ3n) is 6.42. The smallest absolute Gasteiger partial charge is 0.225 e. The predicted octanol–water partition coefficient (Wildman–Crippen LogP) is 3.47. The monoisotopic (exact) mass is 417 g/mol. The molecule has 2 atom stereocenters. The molecule has 1 aromatic heterocycles. The van der Waals surface area contributed by atoms with E-state index in [9.17, 15) is 4.79 Å². The zero-order valence-electron chi connectivity index (χ0n) is 17.7. The lowest BCUT2D eigenvalue weighted by Gasteiger charge is -2.49. The Labute approximate surface area is 182 Å². The van der Waals surface area contributed by atoms with Crippen molar-refractivity contribution in [3.8, 4) is 5.75 Å². The van der Waals surface area contributed by atoms with Crippen molar-refractivity contribution in [3.05, 3.63) is 78.3 Å². The number of benzene rings is 2. The first-order valence-corrected chi connectivity index (χ1v) is 10.8. The minimum atomic E-state index is -0.120. The van der Waals surface area contributed by atoms with E-state index in [1.165, 1.54) is 11.3 Å². The fraction of sp³-hybridized carbons (Fsp3) is 0.320. The second-order valence-corrected chi connectivity index (χ2v) is 8.14. The van der Waals surface area contributed by atoms with Gasteiger partial charge in [-0.1, -0.05) is 18.2 Å². The van der Waals surface area contributed by atoms with Crippen molar-refractivity contribution < 1.29 is 13.9 Å². The Balaban J connectivity index is 1.39. The molecule has 3 heterocycles. The number of hydrogen-bond acceptors (Lipinski definition) is 5. The van der Waals surface area contributed by atoms with Crippen LogP contribution in [0, 0.1) is 5.92 Å². The first-order valence-electron chi connectivity index (χ1n) is 10.8. The summed E-state index contributed by atoms with van der Waals surface area (Å²) in [7, 11) is 1.68. The van der Waals surface area contributed by atoms with Crippen LogP contribution in [0.2, 0.25) is 0 Å². The Kier molecular flexibility index (Phi) is 5.28. The van der Waals surface area contributed by atoms with E-state index in [0.717, 1.165) is 43.3 Å². The quantitative estimate of drug-likeness (QED) is 0.689. The first kappa shape index (κ1) is 19.5. The SMILES string of the molecule is COc1ccc(N2CCN3c4ccccc4CC(C(=O)NCc4ccco4)C3C2)cc1. The summed E-state index contributed by atoms with van der Waals surface area (Å²) in [5, 5.41) is 3.09. The van der Waals surface area contributed by atoms with Crippen LogP contribution in [-0.4, -0.2) is 38.7 Å². The van der Waals surface area contributed by atoms with E-state index in [1.54, 1.807) is 13.4 Å². The van der Waals surface area contributed by atoms with E-state index < -0.39 is 0 Å². The van der Waals surface area contributed by atoms with Gasteiger partial charge in [-0.15, -0.1) is 0 Å². The molecule has 6 heteroatoms. The number of rotatable bonds is 5. The number of carbonyl (C=O) groups excluding carboxylic acids is 1. The van der Waals surface area contributed by atoms with Crippen molar-refractivity contribution in [2.45, 2.75) is 19.0 Å². The van der Waals surface area contributed by atoms with E-state index in [-0.39, 0.29) is 17.9 Å². The van der Waals surface area contributed by atoms with Crippen LogP contribution >= 0.6 is 0 Å². The van der Waals surface area contributed by atoms with Gasteiger partial charge in [-0.25, -0.2) is 0 Å². The number of hydrogen-bond donors (Lipinski definition) is 1. The van der Waals surface area contributed by atoms with Crippen molar-refractivity contribution in [1.82, 2.24) is 5.32 Å². The first-order chi connectivity index (χ1) is 15.2. The van der Waals surface area contributed by atoms with Gasteiger partial charge in [-0.05, 0) is 54.4 Å². The third-order valence-corrected chi connectivity index (χ3v) is 6.42. The molecular formula is C25H27N3O3. The Morgan fingerprint density at radius 2 is 1.94 bits per heavy atom. The van der Waals surface area contributed by atoms with Gasteiger partial charge in [0.25, 0.3) is 0 Å². The van der Waals surface area contributed by atoms with Crippen molar-refractivity contribution in [2.24, 2.45) is 5.92 Å². The Morgan fingerprint density at radius 3 is 2.71 bits per heavy atom. The van der Waals surface area contributed by atoms with Gasteiger partial charge >= 0.3 is 0 Å². The van der Waals surface area contributed by atoms with E-state index in [0.29, 0.717) is 6.54 Å². The summed E-state index contributed by atoms with van der Waals surface area (Å²) in [6, 6.07) is 20.5. The summed E-state index contributed by atoms with van der Waals surface area (Å²) in [6.07, 6.45) is 2.38. The minimum absolute atomic E-state index is 0.0810. The summed E-state index contributed by atoms with van der Waals surface area (Å²) in [5.41, 5.74) is 3.67. The predicted molar refractivity (Wildman–Crippen MR) is 121 cm³/mol. The molecule has 0 spiro atoms. The molecule has 0 bridgehead atoms. The van der Waals surface area contributed by atoms with Gasteiger partial charge in [-0.2, -0.15) is 0 Å². The lowest BCUT2D eigenvalue weighted by molar-refractivity contribution is -0.126. The zero-order chi connectivity index (χ0) is 21.2. The average Bonchev–Trinajstić information content (AvgIpc) is 3.35. The standard InChI is InChI=1S/C25H27N3O3/c1-30-20-10-8-19(9-11-20)27-12-13-28-23-7-3-2-5-18(23)15-22(24(28)17-27)25(29)26-16-21-6-4-14-31-21/h2-11,14,22,24H,12-13,15-17H2,1H3,(H,26,29). The molecule has 31 heavy (non-hydrogen) atoms. The summed E-state index contributed by atoms with van der Waals surface area (Å²) in [6.45, 7) is 3.02. The second-order valence-electron chi connectivity index (χ2n) is 8.14. The summed E-state index contributed by atoms with van der Waals surface area (Å²) in [4.78, 5) is 18.1. The van der Waals surface area contributed by atoms with Crippen molar-refractivity contribution in [2.75, 3.05) is 36.5 Å². The van der Waals surface area contributed by atoms with Crippen LogP contribution in [0.25, 0.3) is 0 Å². The minimum Gasteiger partial charge on any atom is -0.497 e. The molecule has 160 valence electrons. The number of nitrogens with zero attached hydrogens (tertiary/aromatic N) is 2. The molecule has 3 aromatic rings. The fourth-order valence-electron chi connectivity index (χ4n) is 4.80. The maximum Gasteiger partial charge on any atom is 0.225 e. The number of furan rings is 1. The van der Waals surface area contributed by atoms with Gasteiger partial charge in [0.15, 0.2) is 0 Å². The third kappa shape index (κ3) is 3.85. The van der Waals surface area contributed by atoms with E-state index in [4.69, 9.17) is 9.15 Å². The topological polar surface area (TPSA) is 58.0 Å². The Hall–Kier alpha value is -3.41. The van der Waals surface area contributed by atoms with E-state index in [1.807, 2.05) is 24.3 Å². The average molecular weight is 418 g/mol. The molecule has 2 aromatic carbocycles. The molecule has 1 N–H and O–H groups in total. The number of amides is 1. The molecule has 2 unspecified atom stereocenters. The number of para-hydroxylation sites is 1. The van der Waals surface area contributed by atoms with Crippen molar-refractivity contribution >= 4 is 17.3 Å². The number of nitrogens with one attached hydrogen (secondary N) is 1. The molecule has 1 fully saturated rings. The van der Waals surface area contributed by atoms with Crippen molar-refractivity contribution in [1.29, 1.82) is 0 Å². The van der Waals surface area contributed by atoms with Gasteiger partial charge in [0.2, 0.25) is 5.91 Å². The number of methoxy groups -OCH3 is 1. The summed E-state index contributed by atoms with van der Waals surface area (Å²) in [5.74, 6) is 1.58. The maximum atomic E-state index is 13.3. The molecule has 2 aliphatic rings. The van der Waals surface area contributed by atoms with Crippen LogP contribution < -0.4 is 19.9 Å². The van der Waals surface area contributed by atoms with E-state index in [2.05, 4.69) is 51.5 Å². The fourth-order valence-corrected chi connectivity index (χ4v) is 4.80. The van der Waals surface area contributed by atoms with Gasteiger partial charge in [0.05, 0.1) is 31.9 Å². The maximum absolute atomic E-state index is 13.3. The molecule has 1 amide bonds. The van der Waals surface area contributed by atoms with Crippen LogP contribution in [0.15, 0.2) is 71.3 Å². The van der Waals surface area contributed by atoms with Gasteiger partial charge in [-0.3, -0.25) is 4.79 Å². The van der Waals surface area contributed by atoms with Crippen LogP contribution in [0.4, 0.5) is 11.4 Å². The Bertz CT molecular complexity index is 1030. The van der Waals surface area contributed by atoms with Crippen LogP contribution in [-0.2, 0) is 17.8 Å². The highest BCUT2D eigenvalue weighted by atomic mass is 16.5. The molecule has 1 saturated heterocycles. The normalized spacial score (nSPS) is 20.0. The van der Waals surface area contributed by atoms with E-state index >= 15 is 0 Å².